The third-order valence-electron chi connectivity index (χ3n) is 4.18. The Hall–Kier alpha value is -0.370. The standard InChI is InChI=1S/C13H23NO/c1-11-4-6-13(7-5-11)14-8-2-3-12(9-14)10-15/h10-13H,2-9H2,1H3. The van der Waals surface area contributed by atoms with Crippen LogP contribution in [0.25, 0.3) is 0 Å². The van der Waals surface area contributed by atoms with Gasteiger partial charge < -0.3 is 4.79 Å². The molecule has 0 radical (unpaired) electrons. The van der Waals surface area contributed by atoms with Gasteiger partial charge in [-0.25, -0.2) is 0 Å². The van der Waals surface area contributed by atoms with Gasteiger partial charge in [-0.05, 0) is 51.0 Å². The minimum atomic E-state index is 0.318. The van der Waals surface area contributed by atoms with E-state index in [4.69, 9.17) is 0 Å². The van der Waals surface area contributed by atoms with E-state index in [2.05, 4.69) is 11.8 Å². The molecule has 2 fully saturated rings. The molecule has 1 heterocycles. The van der Waals surface area contributed by atoms with Crippen molar-refractivity contribution in [2.45, 2.75) is 51.5 Å². The number of hydrogen-bond acceptors (Lipinski definition) is 2. The third-order valence-corrected chi connectivity index (χ3v) is 4.18. The molecular formula is C13H23NO. The van der Waals surface area contributed by atoms with E-state index in [9.17, 15) is 4.79 Å². The van der Waals surface area contributed by atoms with Crippen LogP contribution in [0.2, 0.25) is 0 Å². The molecule has 0 aromatic carbocycles. The van der Waals surface area contributed by atoms with Crippen molar-refractivity contribution in [3.05, 3.63) is 0 Å². The van der Waals surface area contributed by atoms with Crippen LogP contribution in [0.1, 0.15) is 45.4 Å². The van der Waals surface area contributed by atoms with Gasteiger partial charge in [0.25, 0.3) is 0 Å². The normalized spacial score (nSPS) is 38.9. The lowest BCUT2D eigenvalue weighted by atomic mass is 9.85. The summed E-state index contributed by atoms with van der Waals surface area (Å²) in [5, 5.41) is 0. The molecular weight excluding hydrogens is 186 g/mol. The van der Waals surface area contributed by atoms with Gasteiger partial charge in [-0.3, -0.25) is 4.90 Å². The fourth-order valence-electron chi connectivity index (χ4n) is 3.09. The molecule has 1 atom stereocenters. The van der Waals surface area contributed by atoms with Crippen LogP contribution in [0, 0.1) is 11.8 Å². The lowest BCUT2D eigenvalue weighted by Crippen LogP contribution is -2.44. The van der Waals surface area contributed by atoms with Crippen molar-refractivity contribution in [2.75, 3.05) is 13.1 Å². The Morgan fingerprint density at radius 3 is 2.53 bits per heavy atom. The fraction of sp³-hybridized carbons (Fsp3) is 0.923. The number of piperidine rings is 1. The van der Waals surface area contributed by atoms with Crippen molar-refractivity contribution in [1.29, 1.82) is 0 Å². The van der Waals surface area contributed by atoms with E-state index in [0.717, 1.165) is 31.2 Å². The number of carbonyl (C=O) groups excluding carboxylic acids is 1. The third kappa shape index (κ3) is 2.81. The van der Waals surface area contributed by atoms with Crippen molar-refractivity contribution in [1.82, 2.24) is 4.90 Å². The second-order valence-corrected chi connectivity index (χ2v) is 5.45. The van der Waals surface area contributed by atoms with Crippen LogP contribution in [0.15, 0.2) is 0 Å². The van der Waals surface area contributed by atoms with Crippen LogP contribution in [0.4, 0.5) is 0 Å². The number of nitrogens with zero attached hydrogens (tertiary/aromatic N) is 1. The summed E-state index contributed by atoms with van der Waals surface area (Å²) in [5.41, 5.74) is 0. The highest BCUT2D eigenvalue weighted by molar-refractivity contribution is 5.53. The molecule has 2 heteroatoms. The highest BCUT2D eigenvalue weighted by atomic mass is 16.1. The Kier molecular flexibility index (Phi) is 3.79. The Labute approximate surface area is 93.0 Å². The van der Waals surface area contributed by atoms with Crippen molar-refractivity contribution in [2.24, 2.45) is 11.8 Å². The number of carbonyl (C=O) groups is 1. The predicted molar refractivity (Wildman–Crippen MR) is 61.8 cm³/mol. The van der Waals surface area contributed by atoms with Gasteiger partial charge in [0.1, 0.15) is 6.29 Å². The van der Waals surface area contributed by atoms with Crippen molar-refractivity contribution in [3.63, 3.8) is 0 Å². The largest absolute Gasteiger partial charge is 0.303 e. The van der Waals surface area contributed by atoms with Gasteiger partial charge in [0.2, 0.25) is 0 Å². The number of likely N-dealkylation sites (tertiary alicyclic amines) is 1. The molecule has 0 aromatic rings. The van der Waals surface area contributed by atoms with Crippen molar-refractivity contribution < 1.29 is 4.79 Å². The summed E-state index contributed by atoms with van der Waals surface area (Å²) < 4.78 is 0. The molecule has 86 valence electrons. The van der Waals surface area contributed by atoms with Crippen molar-refractivity contribution in [3.8, 4) is 0 Å². The van der Waals surface area contributed by atoms with Gasteiger partial charge in [-0.1, -0.05) is 6.92 Å². The zero-order valence-corrected chi connectivity index (χ0v) is 9.82. The first-order chi connectivity index (χ1) is 7.29. The second kappa shape index (κ2) is 5.11. The molecule has 0 spiro atoms. The molecule has 1 aliphatic heterocycles. The van der Waals surface area contributed by atoms with Crippen LogP contribution in [-0.2, 0) is 4.79 Å². The topological polar surface area (TPSA) is 20.3 Å². The monoisotopic (exact) mass is 209 g/mol. The molecule has 15 heavy (non-hydrogen) atoms. The Balaban J connectivity index is 1.84. The highest BCUT2D eigenvalue weighted by Gasteiger charge is 2.28. The Bertz CT molecular complexity index is 209. The molecule has 0 amide bonds. The summed E-state index contributed by atoms with van der Waals surface area (Å²) in [6, 6.07) is 0.781. The maximum absolute atomic E-state index is 10.8. The number of rotatable bonds is 2. The zero-order chi connectivity index (χ0) is 10.7. The van der Waals surface area contributed by atoms with E-state index in [0.29, 0.717) is 5.92 Å². The summed E-state index contributed by atoms with van der Waals surface area (Å²) in [7, 11) is 0. The summed E-state index contributed by atoms with van der Waals surface area (Å²) in [6.07, 6.45) is 8.97. The maximum Gasteiger partial charge on any atom is 0.124 e. The van der Waals surface area contributed by atoms with Gasteiger partial charge in [0.15, 0.2) is 0 Å². The Morgan fingerprint density at radius 2 is 1.87 bits per heavy atom. The molecule has 1 unspecified atom stereocenters. The smallest absolute Gasteiger partial charge is 0.124 e. The molecule has 1 saturated heterocycles. The first-order valence-corrected chi connectivity index (χ1v) is 6.49. The van der Waals surface area contributed by atoms with E-state index in [1.54, 1.807) is 0 Å². The minimum absolute atomic E-state index is 0.318. The van der Waals surface area contributed by atoms with Crippen molar-refractivity contribution >= 4 is 6.29 Å². The lowest BCUT2D eigenvalue weighted by Gasteiger charge is -2.39. The molecule has 2 aliphatic rings. The summed E-state index contributed by atoms with van der Waals surface area (Å²) in [5.74, 6) is 1.24. The summed E-state index contributed by atoms with van der Waals surface area (Å²) in [6.45, 7) is 4.62. The SMILES string of the molecule is CC1CCC(N2CCCC(C=O)C2)CC1. The van der Waals surface area contributed by atoms with Crippen LogP contribution in [0.3, 0.4) is 0 Å². The number of hydrogen-bond donors (Lipinski definition) is 0. The molecule has 0 bridgehead atoms. The first-order valence-electron chi connectivity index (χ1n) is 6.49. The average Bonchev–Trinajstić information content (AvgIpc) is 2.30. The quantitative estimate of drug-likeness (QED) is 0.651. The molecule has 0 N–H and O–H groups in total. The first kappa shape index (κ1) is 11.1. The van der Waals surface area contributed by atoms with E-state index < -0.39 is 0 Å². The molecule has 1 aliphatic carbocycles. The average molecular weight is 209 g/mol. The minimum Gasteiger partial charge on any atom is -0.303 e. The second-order valence-electron chi connectivity index (χ2n) is 5.45. The fourth-order valence-corrected chi connectivity index (χ4v) is 3.09. The van der Waals surface area contributed by atoms with E-state index in [1.165, 1.54) is 38.6 Å². The van der Waals surface area contributed by atoms with Gasteiger partial charge >= 0.3 is 0 Å². The van der Waals surface area contributed by atoms with Crippen LogP contribution < -0.4 is 0 Å². The summed E-state index contributed by atoms with van der Waals surface area (Å²) in [4.78, 5) is 13.4. The van der Waals surface area contributed by atoms with E-state index in [-0.39, 0.29) is 0 Å². The molecule has 2 rings (SSSR count). The predicted octanol–water partition coefficient (Wildman–Crippen LogP) is 2.48. The number of aldehydes is 1. The van der Waals surface area contributed by atoms with E-state index >= 15 is 0 Å². The highest BCUT2D eigenvalue weighted by Crippen LogP contribution is 2.29. The van der Waals surface area contributed by atoms with Gasteiger partial charge in [-0.2, -0.15) is 0 Å². The van der Waals surface area contributed by atoms with Gasteiger partial charge in [0.05, 0.1) is 0 Å². The zero-order valence-electron chi connectivity index (χ0n) is 9.82. The van der Waals surface area contributed by atoms with E-state index in [1.807, 2.05) is 0 Å². The van der Waals surface area contributed by atoms with Crippen LogP contribution in [-0.4, -0.2) is 30.3 Å². The van der Waals surface area contributed by atoms with Gasteiger partial charge in [0, 0.05) is 18.5 Å². The molecule has 2 nitrogen and oxygen atoms in total. The Morgan fingerprint density at radius 1 is 1.13 bits per heavy atom. The summed E-state index contributed by atoms with van der Waals surface area (Å²) >= 11 is 0. The van der Waals surface area contributed by atoms with Crippen LogP contribution >= 0.6 is 0 Å². The molecule has 1 saturated carbocycles. The van der Waals surface area contributed by atoms with Gasteiger partial charge in [-0.15, -0.1) is 0 Å². The maximum atomic E-state index is 10.8. The lowest BCUT2D eigenvalue weighted by molar-refractivity contribution is -0.113. The molecule has 0 aromatic heterocycles. The van der Waals surface area contributed by atoms with Crippen LogP contribution in [0.5, 0.6) is 0 Å².